The molecule has 0 spiro atoms. The minimum atomic E-state index is 0.581. The van der Waals surface area contributed by atoms with Crippen molar-refractivity contribution in [2.45, 2.75) is 0 Å². The van der Waals surface area contributed by atoms with Crippen molar-refractivity contribution in [2.75, 3.05) is 42.3 Å². The maximum atomic E-state index is 5.08. The highest BCUT2D eigenvalue weighted by molar-refractivity contribution is 7.80. The number of hydrogen-bond acceptors (Lipinski definition) is 1. The summed E-state index contributed by atoms with van der Waals surface area (Å²) in [5.74, 6) is 0.846. The molecule has 0 saturated carbocycles. The molecule has 0 amide bonds. The summed E-state index contributed by atoms with van der Waals surface area (Å²) in [5, 5.41) is 0.581. The lowest BCUT2D eigenvalue weighted by Gasteiger charge is -2.23. The van der Waals surface area contributed by atoms with Gasteiger partial charge in [-0.3, -0.25) is 0 Å². The van der Waals surface area contributed by atoms with Gasteiger partial charge in [0.1, 0.15) is 0 Å². The zero-order chi connectivity index (χ0) is 10.6. The molecule has 13 heavy (non-hydrogen) atoms. The summed E-state index contributed by atoms with van der Waals surface area (Å²) in [6.45, 7) is 0. The molecule has 0 rings (SSSR count). The van der Waals surface area contributed by atoms with Crippen molar-refractivity contribution in [3.8, 4) is 0 Å². The first kappa shape index (κ1) is 12.2. The van der Waals surface area contributed by atoms with Gasteiger partial charge in [0.15, 0.2) is 5.11 Å². The van der Waals surface area contributed by atoms with E-state index in [-0.39, 0.29) is 0 Å². The van der Waals surface area contributed by atoms with Crippen molar-refractivity contribution in [1.82, 2.24) is 14.7 Å². The highest BCUT2D eigenvalue weighted by atomic mass is 32.1. The van der Waals surface area contributed by atoms with E-state index in [2.05, 4.69) is 4.99 Å². The second-order valence-electron chi connectivity index (χ2n) is 3.38. The molecule has 0 aromatic carbocycles. The number of rotatable bonds is 0. The minimum absolute atomic E-state index is 0.581. The van der Waals surface area contributed by atoms with Gasteiger partial charge in [-0.1, -0.05) is 0 Å². The van der Waals surface area contributed by atoms with Gasteiger partial charge >= 0.3 is 0 Å². The van der Waals surface area contributed by atoms with Crippen LogP contribution in [0.25, 0.3) is 0 Å². The number of aliphatic imine (C=N–C) groups is 1. The van der Waals surface area contributed by atoms with Gasteiger partial charge in [-0.05, 0) is 12.2 Å². The molecule has 5 heteroatoms. The fourth-order valence-electron chi connectivity index (χ4n) is 0.786. The highest BCUT2D eigenvalue weighted by Gasteiger charge is 2.06. The molecular weight excluding hydrogens is 184 g/mol. The van der Waals surface area contributed by atoms with Crippen molar-refractivity contribution in [3.05, 3.63) is 0 Å². The van der Waals surface area contributed by atoms with Gasteiger partial charge in [0.25, 0.3) is 0 Å². The summed E-state index contributed by atoms with van der Waals surface area (Å²) < 4.78 is 0. The first-order valence-corrected chi connectivity index (χ1v) is 4.41. The van der Waals surface area contributed by atoms with Crippen LogP contribution in [0.2, 0.25) is 0 Å². The molecule has 0 fully saturated rings. The van der Waals surface area contributed by atoms with Crippen molar-refractivity contribution in [2.24, 2.45) is 4.99 Å². The average molecular weight is 202 g/mol. The van der Waals surface area contributed by atoms with Gasteiger partial charge in [-0.2, -0.15) is 4.99 Å². The van der Waals surface area contributed by atoms with Crippen LogP contribution >= 0.6 is 12.2 Å². The number of hydrogen-bond donors (Lipinski definition) is 0. The van der Waals surface area contributed by atoms with Crippen LogP contribution in [-0.4, -0.2) is 68.1 Å². The van der Waals surface area contributed by atoms with Crippen LogP contribution in [0.15, 0.2) is 4.99 Å². The number of nitrogens with zero attached hydrogens (tertiary/aromatic N) is 4. The summed E-state index contributed by atoms with van der Waals surface area (Å²) in [6, 6.07) is 0. The van der Waals surface area contributed by atoms with Crippen LogP contribution in [-0.2, 0) is 0 Å². The Morgan fingerprint density at radius 2 is 1.23 bits per heavy atom. The van der Waals surface area contributed by atoms with E-state index < -0.39 is 0 Å². The Labute approximate surface area is 85.8 Å². The van der Waals surface area contributed by atoms with E-state index >= 15 is 0 Å². The smallest absolute Gasteiger partial charge is 0.202 e. The summed E-state index contributed by atoms with van der Waals surface area (Å²) in [7, 11) is 11.5. The highest BCUT2D eigenvalue weighted by Crippen LogP contribution is 1.93. The molecule has 0 aliphatic carbocycles. The van der Waals surface area contributed by atoms with Gasteiger partial charge < -0.3 is 14.7 Å². The van der Waals surface area contributed by atoms with Gasteiger partial charge in [0, 0.05) is 42.3 Å². The SMILES string of the molecule is CN(C)C(=S)N=C(N(C)C)N(C)C. The van der Waals surface area contributed by atoms with Crippen LogP contribution in [0.1, 0.15) is 0 Å². The maximum Gasteiger partial charge on any atom is 0.202 e. The van der Waals surface area contributed by atoms with Gasteiger partial charge in [0.05, 0.1) is 0 Å². The fraction of sp³-hybridized carbons (Fsp3) is 0.750. The predicted octanol–water partition coefficient (Wildman–Crippen LogP) is 0.312. The molecule has 0 aliphatic rings. The van der Waals surface area contributed by atoms with Crippen molar-refractivity contribution in [1.29, 1.82) is 0 Å². The van der Waals surface area contributed by atoms with E-state index in [1.807, 2.05) is 57.0 Å². The first-order valence-electron chi connectivity index (χ1n) is 4.01. The molecule has 0 heterocycles. The molecule has 76 valence electrons. The third-order valence-electron chi connectivity index (χ3n) is 1.38. The van der Waals surface area contributed by atoms with Crippen LogP contribution in [0.4, 0.5) is 0 Å². The largest absolute Gasteiger partial charge is 0.353 e. The van der Waals surface area contributed by atoms with Crippen molar-refractivity contribution < 1.29 is 0 Å². The molecule has 4 nitrogen and oxygen atoms in total. The van der Waals surface area contributed by atoms with E-state index in [4.69, 9.17) is 12.2 Å². The van der Waals surface area contributed by atoms with E-state index in [1.165, 1.54) is 0 Å². The van der Waals surface area contributed by atoms with Crippen LogP contribution in [0.5, 0.6) is 0 Å². The van der Waals surface area contributed by atoms with E-state index in [9.17, 15) is 0 Å². The van der Waals surface area contributed by atoms with Crippen molar-refractivity contribution in [3.63, 3.8) is 0 Å². The number of guanidine groups is 1. The summed E-state index contributed by atoms with van der Waals surface area (Å²) in [4.78, 5) is 9.96. The fourth-order valence-corrected chi connectivity index (χ4v) is 0.867. The molecule has 0 aromatic heterocycles. The maximum absolute atomic E-state index is 5.08. The monoisotopic (exact) mass is 202 g/mol. The Bertz CT molecular complexity index is 198. The molecule has 0 aliphatic heterocycles. The molecule has 0 radical (unpaired) electrons. The topological polar surface area (TPSA) is 22.1 Å². The standard InChI is InChI=1S/C8H18N4S/c1-10(2)7(11(3)4)9-8(13)12(5)6/h1-6H3. The molecule has 0 bridgehead atoms. The van der Waals surface area contributed by atoms with Gasteiger partial charge in [-0.15, -0.1) is 0 Å². The van der Waals surface area contributed by atoms with E-state index in [0.29, 0.717) is 5.11 Å². The van der Waals surface area contributed by atoms with Crippen LogP contribution in [0.3, 0.4) is 0 Å². The second-order valence-corrected chi connectivity index (χ2v) is 3.74. The quantitative estimate of drug-likeness (QED) is 0.320. The lowest BCUT2D eigenvalue weighted by Crippen LogP contribution is -2.37. The third-order valence-corrected chi connectivity index (χ3v) is 1.83. The Kier molecular flexibility index (Phi) is 4.69. The predicted molar refractivity (Wildman–Crippen MR) is 61.1 cm³/mol. The lowest BCUT2D eigenvalue weighted by atomic mass is 10.7. The first-order chi connectivity index (χ1) is 5.86. The van der Waals surface area contributed by atoms with E-state index in [0.717, 1.165) is 5.96 Å². The Hall–Kier alpha value is -0.840. The molecule has 0 aromatic rings. The molecule has 0 N–H and O–H groups in total. The lowest BCUT2D eigenvalue weighted by molar-refractivity contribution is 0.483. The Balaban J connectivity index is 4.64. The van der Waals surface area contributed by atoms with Gasteiger partial charge in [-0.25, -0.2) is 0 Å². The average Bonchev–Trinajstić information content (AvgIpc) is 1.97. The minimum Gasteiger partial charge on any atom is -0.353 e. The van der Waals surface area contributed by atoms with Crippen LogP contribution in [0, 0.1) is 0 Å². The summed E-state index contributed by atoms with van der Waals surface area (Å²) in [5.41, 5.74) is 0. The Morgan fingerprint density at radius 1 is 0.846 bits per heavy atom. The molecule has 0 atom stereocenters. The zero-order valence-electron chi connectivity index (χ0n) is 9.20. The molecule has 0 unspecified atom stereocenters. The van der Waals surface area contributed by atoms with Crippen LogP contribution < -0.4 is 0 Å². The van der Waals surface area contributed by atoms with E-state index in [1.54, 1.807) is 0 Å². The Morgan fingerprint density at radius 3 is 1.46 bits per heavy atom. The summed E-state index contributed by atoms with van der Waals surface area (Å²) >= 11 is 5.08. The van der Waals surface area contributed by atoms with Crippen molar-refractivity contribution >= 4 is 23.3 Å². The molecule has 0 saturated heterocycles. The zero-order valence-corrected chi connectivity index (χ0v) is 10.0. The normalized spacial score (nSPS) is 9.08. The third kappa shape index (κ3) is 4.07. The second kappa shape index (κ2) is 5.01. The summed E-state index contributed by atoms with van der Waals surface area (Å²) in [6.07, 6.45) is 0. The number of thiocarbonyl (C=S) groups is 1. The molecular formula is C8H18N4S. The van der Waals surface area contributed by atoms with Gasteiger partial charge in [0.2, 0.25) is 5.96 Å².